The summed E-state index contributed by atoms with van der Waals surface area (Å²) in [6, 6.07) is 14.8. The van der Waals surface area contributed by atoms with Gasteiger partial charge in [-0.15, -0.1) is 11.8 Å². The van der Waals surface area contributed by atoms with Crippen molar-refractivity contribution < 1.29 is 9.59 Å². The smallest absolute Gasteiger partial charge is 0.224 e. The molecule has 0 fully saturated rings. The Kier molecular flexibility index (Phi) is 7.15. The summed E-state index contributed by atoms with van der Waals surface area (Å²) in [7, 11) is 0. The maximum absolute atomic E-state index is 12.0. The maximum atomic E-state index is 12.0. The van der Waals surface area contributed by atoms with Crippen LogP contribution in [0.3, 0.4) is 0 Å². The molecule has 24 heavy (non-hydrogen) atoms. The predicted molar refractivity (Wildman–Crippen MR) is 101 cm³/mol. The van der Waals surface area contributed by atoms with E-state index in [4.69, 9.17) is 11.6 Å². The molecule has 0 aliphatic rings. The summed E-state index contributed by atoms with van der Waals surface area (Å²) in [5.41, 5.74) is 1.34. The van der Waals surface area contributed by atoms with Crippen LogP contribution in [0.1, 0.15) is 19.8 Å². The van der Waals surface area contributed by atoms with Crippen LogP contribution in [-0.2, 0) is 9.59 Å². The second-order valence-electron chi connectivity index (χ2n) is 5.22. The Labute approximate surface area is 151 Å². The minimum atomic E-state index is -0.141. The summed E-state index contributed by atoms with van der Waals surface area (Å²) in [6.45, 7) is 1.45. The van der Waals surface area contributed by atoms with Gasteiger partial charge >= 0.3 is 0 Å². The highest BCUT2D eigenvalue weighted by Gasteiger charge is 2.04. The first-order valence-corrected chi connectivity index (χ1v) is 8.95. The lowest BCUT2D eigenvalue weighted by atomic mass is 10.2. The second kappa shape index (κ2) is 9.35. The molecule has 126 valence electrons. The van der Waals surface area contributed by atoms with Crippen LogP contribution in [0.4, 0.5) is 11.4 Å². The normalized spacial score (nSPS) is 10.2. The van der Waals surface area contributed by atoms with Gasteiger partial charge in [0, 0.05) is 34.6 Å². The van der Waals surface area contributed by atoms with Crippen LogP contribution in [0.5, 0.6) is 0 Å². The van der Waals surface area contributed by atoms with E-state index in [-0.39, 0.29) is 11.8 Å². The number of carbonyl (C=O) groups is 2. The van der Waals surface area contributed by atoms with Crippen molar-refractivity contribution in [2.75, 3.05) is 16.4 Å². The summed E-state index contributed by atoms with van der Waals surface area (Å²) >= 11 is 7.55. The van der Waals surface area contributed by atoms with Crippen LogP contribution in [0.25, 0.3) is 0 Å². The number of amides is 2. The Morgan fingerprint density at radius 3 is 2.38 bits per heavy atom. The van der Waals surface area contributed by atoms with E-state index >= 15 is 0 Å². The van der Waals surface area contributed by atoms with Gasteiger partial charge in [-0.05, 0) is 54.6 Å². The van der Waals surface area contributed by atoms with Gasteiger partial charge in [-0.2, -0.15) is 0 Å². The van der Waals surface area contributed by atoms with Crippen LogP contribution in [0.2, 0.25) is 5.02 Å². The van der Waals surface area contributed by atoms with Gasteiger partial charge in [-0.25, -0.2) is 0 Å². The van der Waals surface area contributed by atoms with Gasteiger partial charge in [0.15, 0.2) is 0 Å². The largest absolute Gasteiger partial charge is 0.326 e. The van der Waals surface area contributed by atoms with Crippen LogP contribution < -0.4 is 10.6 Å². The first-order chi connectivity index (χ1) is 11.5. The molecule has 2 rings (SSSR count). The molecule has 0 heterocycles. The molecule has 0 radical (unpaired) electrons. The highest BCUT2D eigenvalue weighted by Crippen LogP contribution is 2.21. The first kappa shape index (κ1) is 18.4. The lowest BCUT2D eigenvalue weighted by molar-refractivity contribution is -0.116. The number of hydrogen-bond acceptors (Lipinski definition) is 3. The number of carbonyl (C=O) groups excluding carboxylic acids is 2. The molecule has 6 heteroatoms. The third kappa shape index (κ3) is 6.64. The minimum Gasteiger partial charge on any atom is -0.326 e. The number of hydrogen-bond donors (Lipinski definition) is 2. The zero-order valence-electron chi connectivity index (χ0n) is 13.3. The van der Waals surface area contributed by atoms with Gasteiger partial charge in [0.2, 0.25) is 11.8 Å². The molecule has 0 aliphatic heterocycles. The Morgan fingerprint density at radius 1 is 1.04 bits per heavy atom. The topological polar surface area (TPSA) is 58.2 Å². The molecule has 2 aromatic carbocycles. The monoisotopic (exact) mass is 362 g/mol. The van der Waals surface area contributed by atoms with E-state index in [9.17, 15) is 9.59 Å². The molecule has 4 nitrogen and oxygen atoms in total. The summed E-state index contributed by atoms with van der Waals surface area (Å²) in [6.07, 6.45) is 1.23. The van der Waals surface area contributed by atoms with Crippen LogP contribution in [-0.4, -0.2) is 17.6 Å². The Hall–Kier alpha value is -1.98. The van der Waals surface area contributed by atoms with Crippen molar-refractivity contribution in [1.29, 1.82) is 0 Å². The summed E-state index contributed by atoms with van der Waals surface area (Å²) in [4.78, 5) is 24.2. The van der Waals surface area contributed by atoms with E-state index < -0.39 is 0 Å². The van der Waals surface area contributed by atoms with Crippen molar-refractivity contribution >= 4 is 46.6 Å². The molecule has 0 aliphatic carbocycles. The number of thioether (sulfide) groups is 1. The van der Waals surface area contributed by atoms with Crippen LogP contribution >= 0.6 is 23.4 Å². The van der Waals surface area contributed by atoms with E-state index in [0.717, 1.165) is 22.1 Å². The maximum Gasteiger partial charge on any atom is 0.224 e. The van der Waals surface area contributed by atoms with Crippen LogP contribution in [0, 0.1) is 0 Å². The van der Waals surface area contributed by atoms with Crippen molar-refractivity contribution in [2.24, 2.45) is 0 Å². The number of anilines is 2. The Balaban J connectivity index is 1.73. The summed E-state index contributed by atoms with van der Waals surface area (Å²) < 4.78 is 0. The van der Waals surface area contributed by atoms with Gasteiger partial charge < -0.3 is 10.6 Å². The standard InChI is InChI=1S/C18H19ClN2O2S/c1-13(22)20-15-4-2-5-16(12-15)21-18(23)6-3-11-24-17-9-7-14(19)8-10-17/h2,4-5,7-10,12H,3,6,11H2,1H3,(H,20,22)(H,21,23). The molecule has 0 unspecified atom stereocenters. The fourth-order valence-corrected chi connectivity index (χ4v) is 3.03. The third-order valence-electron chi connectivity index (χ3n) is 3.10. The van der Waals surface area contributed by atoms with E-state index in [0.29, 0.717) is 17.8 Å². The average molecular weight is 363 g/mol. The van der Waals surface area contributed by atoms with Crippen molar-refractivity contribution in [3.05, 3.63) is 53.6 Å². The fraction of sp³-hybridized carbons (Fsp3) is 0.222. The molecule has 2 amide bonds. The molecule has 2 N–H and O–H groups in total. The molecule has 0 bridgehead atoms. The minimum absolute atomic E-state index is 0.0355. The van der Waals surface area contributed by atoms with E-state index in [1.54, 1.807) is 36.0 Å². The molecular weight excluding hydrogens is 344 g/mol. The highest BCUT2D eigenvalue weighted by atomic mass is 35.5. The molecular formula is C18H19ClN2O2S. The van der Waals surface area contributed by atoms with E-state index in [2.05, 4.69) is 10.6 Å². The van der Waals surface area contributed by atoms with Gasteiger partial charge in [-0.1, -0.05) is 17.7 Å². The summed E-state index contributed by atoms with van der Waals surface area (Å²) in [5.74, 6) is 0.686. The van der Waals surface area contributed by atoms with Crippen molar-refractivity contribution in [3.8, 4) is 0 Å². The number of halogens is 1. The highest BCUT2D eigenvalue weighted by molar-refractivity contribution is 7.99. The quantitative estimate of drug-likeness (QED) is 0.549. The molecule has 0 saturated carbocycles. The van der Waals surface area contributed by atoms with Gasteiger partial charge in [-0.3, -0.25) is 9.59 Å². The van der Waals surface area contributed by atoms with Crippen molar-refractivity contribution in [1.82, 2.24) is 0 Å². The van der Waals surface area contributed by atoms with Crippen LogP contribution in [0.15, 0.2) is 53.4 Å². The van der Waals surface area contributed by atoms with E-state index in [1.807, 2.05) is 24.3 Å². The number of benzene rings is 2. The lowest BCUT2D eigenvalue weighted by Gasteiger charge is -2.08. The van der Waals surface area contributed by atoms with Gasteiger partial charge in [0.05, 0.1) is 0 Å². The average Bonchev–Trinajstić information content (AvgIpc) is 2.53. The van der Waals surface area contributed by atoms with Crippen molar-refractivity contribution in [3.63, 3.8) is 0 Å². The molecule has 0 saturated heterocycles. The molecule has 0 atom stereocenters. The number of nitrogens with one attached hydrogen (secondary N) is 2. The SMILES string of the molecule is CC(=O)Nc1cccc(NC(=O)CCCSc2ccc(Cl)cc2)c1. The predicted octanol–water partition coefficient (Wildman–Crippen LogP) is 4.81. The van der Waals surface area contributed by atoms with E-state index in [1.165, 1.54) is 6.92 Å². The molecule has 0 spiro atoms. The van der Waals surface area contributed by atoms with Crippen molar-refractivity contribution in [2.45, 2.75) is 24.7 Å². The lowest BCUT2D eigenvalue weighted by Crippen LogP contribution is -2.12. The zero-order valence-corrected chi connectivity index (χ0v) is 14.9. The fourth-order valence-electron chi connectivity index (χ4n) is 2.06. The second-order valence-corrected chi connectivity index (χ2v) is 6.82. The zero-order chi connectivity index (χ0) is 17.4. The Bertz CT molecular complexity index is 704. The van der Waals surface area contributed by atoms with Gasteiger partial charge in [0.1, 0.15) is 0 Å². The third-order valence-corrected chi connectivity index (χ3v) is 4.45. The Morgan fingerprint density at radius 2 is 1.71 bits per heavy atom. The van der Waals surface area contributed by atoms with Gasteiger partial charge in [0.25, 0.3) is 0 Å². The number of rotatable bonds is 7. The molecule has 2 aromatic rings. The summed E-state index contributed by atoms with van der Waals surface area (Å²) in [5, 5.41) is 6.26. The molecule has 0 aromatic heterocycles. The first-order valence-electron chi connectivity index (χ1n) is 7.59.